The highest BCUT2D eigenvalue weighted by Gasteiger charge is 2.35. The summed E-state index contributed by atoms with van der Waals surface area (Å²) >= 11 is 0. The highest BCUT2D eigenvalue weighted by Crippen LogP contribution is 2.26. The predicted molar refractivity (Wildman–Crippen MR) is 54.4 cm³/mol. The van der Waals surface area contributed by atoms with Gasteiger partial charge in [-0.05, 0) is 37.6 Å². The van der Waals surface area contributed by atoms with Gasteiger partial charge in [0, 0.05) is 12.6 Å². The lowest BCUT2D eigenvalue weighted by atomic mass is 10.1. The molecule has 0 saturated carbocycles. The molecule has 1 aliphatic heterocycles. The molecule has 0 aliphatic carbocycles. The molecular formula is C10H12FNO2S. The summed E-state index contributed by atoms with van der Waals surface area (Å²) in [5.74, 6) is -0.425. The Morgan fingerprint density at radius 1 is 1.33 bits per heavy atom. The van der Waals surface area contributed by atoms with Crippen LogP contribution in [0.1, 0.15) is 13.3 Å². The number of sulfonamides is 1. The van der Waals surface area contributed by atoms with E-state index in [4.69, 9.17) is 0 Å². The number of rotatable bonds is 2. The van der Waals surface area contributed by atoms with Gasteiger partial charge in [-0.1, -0.05) is 0 Å². The van der Waals surface area contributed by atoms with E-state index in [0.717, 1.165) is 18.6 Å². The predicted octanol–water partition coefficient (Wildman–Crippen LogP) is 1.61. The van der Waals surface area contributed by atoms with Gasteiger partial charge >= 0.3 is 0 Å². The van der Waals surface area contributed by atoms with E-state index < -0.39 is 15.8 Å². The minimum atomic E-state index is -3.40. The molecule has 0 aromatic heterocycles. The Bertz CT molecular complexity index is 455. The van der Waals surface area contributed by atoms with Crippen LogP contribution in [0.4, 0.5) is 4.39 Å². The third kappa shape index (κ3) is 1.77. The monoisotopic (exact) mass is 229 g/mol. The summed E-state index contributed by atoms with van der Waals surface area (Å²) in [6.45, 7) is 2.42. The first-order valence-corrected chi connectivity index (χ1v) is 6.23. The van der Waals surface area contributed by atoms with Gasteiger partial charge in [0.1, 0.15) is 5.82 Å². The third-order valence-electron chi connectivity index (χ3n) is 2.68. The number of hydrogen-bond acceptors (Lipinski definition) is 2. The molecule has 1 atom stereocenters. The molecule has 3 nitrogen and oxygen atoms in total. The number of benzene rings is 1. The standard InChI is InChI=1S/C10H12FNO2S/c1-8-6-7-12(8)15(13,14)10-4-2-9(11)3-5-10/h2-5,8H,6-7H2,1H3. The van der Waals surface area contributed by atoms with E-state index in [0.29, 0.717) is 6.54 Å². The zero-order valence-corrected chi connectivity index (χ0v) is 9.17. The summed E-state index contributed by atoms with van der Waals surface area (Å²) in [6, 6.07) is 4.99. The average Bonchev–Trinajstić information content (AvgIpc) is 2.15. The van der Waals surface area contributed by atoms with E-state index in [9.17, 15) is 12.8 Å². The second-order valence-corrected chi connectivity index (χ2v) is 5.60. The van der Waals surface area contributed by atoms with Crippen LogP contribution in [-0.4, -0.2) is 25.3 Å². The second kappa shape index (κ2) is 3.57. The Labute approximate surface area is 88.6 Å². The maximum atomic E-state index is 12.6. The lowest BCUT2D eigenvalue weighted by Crippen LogP contribution is -2.49. The molecule has 1 unspecified atom stereocenters. The van der Waals surface area contributed by atoms with E-state index in [2.05, 4.69) is 0 Å². The summed E-state index contributed by atoms with van der Waals surface area (Å²) < 4.78 is 38.0. The van der Waals surface area contributed by atoms with Crippen molar-refractivity contribution in [3.05, 3.63) is 30.1 Å². The van der Waals surface area contributed by atoms with Crippen molar-refractivity contribution >= 4 is 10.0 Å². The van der Waals surface area contributed by atoms with Crippen LogP contribution in [0, 0.1) is 5.82 Å². The van der Waals surface area contributed by atoms with E-state index >= 15 is 0 Å². The van der Waals surface area contributed by atoms with Gasteiger partial charge in [0.25, 0.3) is 0 Å². The fourth-order valence-corrected chi connectivity index (χ4v) is 3.27. The van der Waals surface area contributed by atoms with Crippen molar-refractivity contribution < 1.29 is 12.8 Å². The maximum Gasteiger partial charge on any atom is 0.243 e. The van der Waals surface area contributed by atoms with Crippen LogP contribution in [0.5, 0.6) is 0 Å². The zero-order chi connectivity index (χ0) is 11.1. The molecule has 15 heavy (non-hydrogen) atoms. The van der Waals surface area contributed by atoms with Crippen LogP contribution in [0.15, 0.2) is 29.2 Å². The molecule has 1 aliphatic rings. The van der Waals surface area contributed by atoms with Gasteiger partial charge in [-0.2, -0.15) is 4.31 Å². The maximum absolute atomic E-state index is 12.6. The van der Waals surface area contributed by atoms with Crippen molar-refractivity contribution in [3.63, 3.8) is 0 Å². The summed E-state index contributed by atoms with van der Waals surface area (Å²) in [5.41, 5.74) is 0. The Kier molecular flexibility index (Phi) is 2.52. The second-order valence-electron chi connectivity index (χ2n) is 3.71. The van der Waals surface area contributed by atoms with Crippen molar-refractivity contribution in [3.8, 4) is 0 Å². The molecule has 1 aromatic rings. The molecule has 0 spiro atoms. The Balaban J connectivity index is 2.33. The van der Waals surface area contributed by atoms with Crippen LogP contribution < -0.4 is 0 Å². The normalized spacial score (nSPS) is 22.4. The van der Waals surface area contributed by atoms with Crippen molar-refractivity contribution in [1.29, 1.82) is 0 Å². The van der Waals surface area contributed by atoms with Gasteiger partial charge in [0.15, 0.2) is 0 Å². The molecule has 82 valence electrons. The third-order valence-corrected chi connectivity index (χ3v) is 4.71. The lowest BCUT2D eigenvalue weighted by Gasteiger charge is -2.37. The van der Waals surface area contributed by atoms with Crippen LogP contribution in [-0.2, 0) is 10.0 Å². The van der Waals surface area contributed by atoms with Crippen LogP contribution in [0.3, 0.4) is 0 Å². The highest BCUT2D eigenvalue weighted by molar-refractivity contribution is 7.89. The molecule has 1 aromatic carbocycles. The van der Waals surface area contributed by atoms with Gasteiger partial charge in [-0.25, -0.2) is 12.8 Å². The minimum Gasteiger partial charge on any atom is -0.207 e. The minimum absolute atomic E-state index is 0.0556. The molecule has 0 bridgehead atoms. The zero-order valence-electron chi connectivity index (χ0n) is 8.35. The molecule has 1 heterocycles. The molecule has 2 rings (SSSR count). The Morgan fingerprint density at radius 3 is 2.33 bits per heavy atom. The van der Waals surface area contributed by atoms with Gasteiger partial charge in [-0.3, -0.25) is 0 Å². The van der Waals surface area contributed by atoms with E-state index in [1.54, 1.807) is 0 Å². The first-order valence-electron chi connectivity index (χ1n) is 4.79. The van der Waals surface area contributed by atoms with Gasteiger partial charge in [0.05, 0.1) is 4.90 Å². The van der Waals surface area contributed by atoms with Gasteiger partial charge < -0.3 is 0 Å². The average molecular weight is 229 g/mol. The molecule has 1 fully saturated rings. The van der Waals surface area contributed by atoms with Gasteiger partial charge in [-0.15, -0.1) is 0 Å². The summed E-state index contributed by atoms with van der Waals surface area (Å²) in [7, 11) is -3.40. The highest BCUT2D eigenvalue weighted by atomic mass is 32.2. The Hall–Kier alpha value is -0.940. The summed E-state index contributed by atoms with van der Waals surface area (Å²) in [5, 5.41) is 0. The van der Waals surface area contributed by atoms with Crippen LogP contribution in [0.2, 0.25) is 0 Å². The molecule has 0 N–H and O–H groups in total. The van der Waals surface area contributed by atoms with Crippen molar-refractivity contribution in [2.45, 2.75) is 24.3 Å². The van der Waals surface area contributed by atoms with Crippen LogP contribution in [0.25, 0.3) is 0 Å². The van der Waals surface area contributed by atoms with Gasteiger partial charge in [0.2, 0.25) is 10.0 Å². The van der Waals surface area contributed by atoms with Crippen molar-refractivity contribution in [1.82, 2.24) is 4.31 Å². The molecule has 0 amide bonds. The summed E-state index contributed by atoms with van der Waals surface area (Å²) in [4.78, 5) is 0.162. The van der Waals surface area contributed by atoms with Crippen LogP contribution >= 0.6 is 0 Å². The molecule has 5 heteroatoms. The van der Waals surface area contributed by atoms with Crippen molar-refractivity contribution in [2.24, 2.45) is 0 Å². The largest absolute Gasteiger partial charge is 0.243 e. The van der Waals surface area contributed by atoms with E-state index in [1.165, 1.54) is 16.4 Å². The first-order chi connectivity index (χ1) is 7.01. The molecule has 1 saturated heterocycles. The Morgan fingerprint density at radius 2 is 1.93 bits per heavy atom. The molecular weight excluding hydrogens is 217 g/mol. The topological polar surface area (TPSA) is 37.4 Å². The SMILES string of the molecule is CC1CCN1S(=O)(=O)c1ccc(F)cc1. The van der Waals surface area contributed by atoms with Crippen molar-refractivity contribution in [2.75, 3.05) is 6.54 Å². The number of halogens is 1. The summed E-state index contributed by atoms with van der Waals surface area (Å²) in [6.07, 6.45) is 0.889. The fourth-order valence-electron chi connectivity index (χ4n) is 1.59. The smallest absolute Gasteiger partial charge is 0.207 e. The lowest BCUT2D eigenvalue weighted by molar-refractivity contribution is 0.217. The van der Waals surface area contributed by atoms with E-state index in [-0.39, 0.29) is 10.9 Å². The first kappa shape index (κ1) is 10.6. The number of hydrogen-bond donors (Lipinski definition) is 0. The quantitative estimate of drug-likeness (QED) is 0.772. The molecule has 0 radical (unpaired) electrons. The number of nitrogens with zero attached hydrogens (tertiary/aromatic N) is 1. The van der Waals surface area contributed by atoms with E-state index in [1.807, 2.05) is 6.92 Å². The fraction of sp³-hybridized carbons (Fsp3) is 0.400.